The van der Waals surface area contributed by atoms with Crippen LogP contribution >= 0.6 is 27.7 Å². The molecule has 0 amide bonds. The molecule has 0 radical (unpaired) electrons. The van der Waals surface area contributed by atoms with Gasteiger partial charge in [0.05, 0.1) is 15.9 Å². The number of rotatable bonds is 5. The van der Waals surface area contributed by atoms with Gasteiger partial charge in [-0.3, -0.25) is 9.35 Å². The van der Waals surface area contributed by atoms with Crippen molar-refractivity contribution in [3.05, 3.63) is 0 Å². The van der Waals surface area contributed by atoms with E-state index in [4.69, 9.17) is 4.55 Å². The summed E-state index contributed by atoms with van der Waals surface area (Å²) in [7, 11) is -7.86. The second-order valence-corrected chi connectivity index (χ2v) is 7.74. The van der Waals surface area contributed by atoms with Gasteiger partial charge in [-0.05, 0) is 0 Å². The Morgan fingerprint density at radius 2 is 1.72 bits per heavy atom. The van der Waals surface area contributed by atoms with Gasteiger partial charge in [-0.2, -0.15) is 8.42 Å². The van der Waals surface area contributed by atoms with E-state index in [-0.39, 0.29) is 51.5 Å². The van der Waals surface area contributed by atoms with Gasteiger partial charge in [0.15, 0.2) is 5.12 Å². The predicted octanol–water partition coefficient (Wildman–Crippen LogP) is -2.92. The molecule has 1 N–H and O–H groups in total. The summed E-state index contributed by atoms with van der Waals surface area (Å²) in [5, 5.41) is 0.106. The summed E-state index contributed by atoms with van der Waals surface area (Å²) < 4.78 is 57.3. The Hall–Kier alpha value is 1.32. The van der Waals surface area contributed by atoms with Crippen LogP contribution in [0.3, 0.4) is 0 Å². The van der Waals surface area contributed by atoms with Crippen LogP contribution in [0.15, 0.2) is 0 Å². The number of carbonyl (C=O) groups excluding carboxylic acids is 1. The monoisotopic (exact) mass is 394 g/mol. The molecule has 0 aliphatic carbocycles. The van der Waals surface area contributed by atoms with Gasteiger partial charge in [0.1, 0.15) is 0 Å². The average molecular weight is 395 g/mol. The third-order valence-corrected chi connectivity index (χ3v) is 4.39. The van der Waals surface area contributed by atoms with Crippen LogP contribution in [-0.4, -0.2) is 53.6 Å². The maximum atomic E-state index is 10.2. The molecule has 0 bridgehead atoms. The first-order valence-electron chi connectivity index (χ1n) is 4.06. The Kier molecular flexibility index (Phi) is 16.4. The largest absolute Gasteiger partial charge is 1.00 e. The maximum Gasteiger partial charge on any atom is 1.00 e. The van der Waals surface area contributed by atoms with Gasteiger partial charge < -0.3 is 4.55 Å². The van der Waals surface area contributed by atoms with E-state index >= 15 is 0 Å². The zero-order valence-corrected chi connectivity index (χ0v) is 15.9. The Balaban J connectivity index is -0.000000251. The predicted molar refractivity (Wildman–Crippen MR) is 67.9 cm³/mol. The van der Waals surface area contributed by atoms with Crippen LogP contribution in [0.1, 0.15) is 6.92 Å². The third-order valence-electron chi connectivity index (χ3n) is 0.974. The minimum absolute atomic E-state index is 0. The van der Waals surface area contributed by atoms with Crippen LogP contribution < -0.4 is 29.6 Å². The van der Waals surface area contributed by atoms with Crippen molar-refractivity contribution in [1.82, 2.24) is 0 Å². The number of halogens is 1. The number of alkyl halides is 1. The van der Waals surface area contributed by atoms with Crippen molar-refractivity contribution >= 4 is 53.0 Å². The quantitative estimate of drug-likeness (QED) is 0.298. The fraction of sp³-hybridized carbons (Fsp3) is 0.833. The summed E-state index contributed by atoms with van der Waals surface area (Å²) in [6, 6.07) is 0. The van der Waals surface area contributed by atoms with Gasteiger partial charge in [0, 0.05) is 23.8 Å². The molecule has 12 heteroatoms. The standard InChI is InChI=1S/C4H8O4S2.C2H5BrO3S.Na/c1-4(5)9-2-3-10(6,7)8;3-1-2-7(4,5)6;/h2-3H2,1H3,(H,6,7,8);1-2H2,(H,4,5,6);/q;;+1/p-1. The molecule has 18 heavy (non-hydrogen) atoms. The molecule has 0 heterocycles. The van der Waals surface area contributed by atoms with Crippen LogP contribution in [0, 0.1) is 0 Å². The minimum Gasteiger partial charge on any atom is -0.748 e. The molecule has 0 aliphatic rings. The van der Waals surface area contributed by atoms with E-state index in [1.165, 1.54) is 6.92 Å². The Morgan fingerprint density at radius 3 is 1.89 bits per heavy atom. The fourth-order valence-corrected chi connectivity index (χ4v) is 3.24. The molecule has 0 atom stereocenters. The van der Waals surface area contributed by atoms with E-state index in [1.54, 1.807) is 0 Å². The van der Waals surface area contributed by atoms with Gasteiger partial charge in [0.2, 0.25) is 0 Å². The van der Waals surface area contributed by atoms with Crippen molar-refractivity contribution in [1.29, 1.82) is 0 Å². The van der Waals surface area contributed by atoms with Crippen molar-refractivity contribution in [2.24, 2.45) is 0 Å². The van der Waals surface area contributed by atoms with E-state index in [1.807, 2.05) is 0 Å². The zero-order valence-electron chi connectivity index (χ0n) is 9.83. The van der Waals surface area contributed by atoms with Gasteiger partial charge in [-0.15, -0.1) is 0 Å². The molecule has 0 aromatic heterocycles. The van der Waals surface area contributed by atoms with Crippen molar-refractivity contribution in [3.8, 4) is 0 Å². The van der Waals surface area contributed by atoms with Crippen molar-refractivity contribution in [3.63, 3.8) is 0 Å². The van der Waals surface area contributed by atoms with E-state index in [0.29, 0.717) is 0 Å². The van der Waals surface area contributed by atoms with E-state index in [9.17, 15) is 26.2 Å². The summed E-state index contributed by atoms with van der Waals surface area (Å²) in [6.45, 7) is 1.32. The number of thioether (sulfide) groups is 1. The van der Waals surface area contributed by atoms with Crippen LogP contribution in [0.2, 0.25) is 0 Å². The smallest absolute Gasteiger partial charge is 0.748 e. The van der Waals surface area contributed by atoms with E-state index < -0.39 is 26.0 Å². The number of carbonyl (C=O) groups is 1. The van der Waals surface area contributed by atoms with Crippen LogP contribution in [0.5, 0.6) is 0 Å². The van der Waals surface area contributed by atoms with Crippen molar-refractivity contribution in [2.75, 3.05) is 22.6 Å². The fourth-order valence-electron chi connectivity index (χ4n) is 0.385. The summed E-state index contributed by atoms with van der Waals surface area (Å²) in [5.41, 5.74) is 0. The van der Waals surface area contributed by atoms with Gasteiger partial charge >= 0.3 is 29.6 Å². The zero-order chi connectivity index (χ0) is 14.1. The molecule has 0 aromatic rings. The van der Waals surface area contributed by atoms with Gasteiger partial charge in [0.25, 0.3) is 10.1 Å². The second kappa shape index (κ2) is 12.1. The second-order valence-electron chi connectivity index (χ2n) is 2.58. The molecule has 0 aliphatic heterocycles. The first-order chi connectivity index (χ1) is 7.48. The molecular formula is C6H12BrNaO7S3. The molecule has 0 unspecified atom stereocenters. The molecular weight excluding hydrogens is 383 g/mol. The molecule has 0 spiro atoms. The number of hydrogen-bond donors (Lipinski definition) is 1. The Labute approximate surface area is 141 Å². The first kappa shape index (κ1) is 24.3. The normalized spacial score (nSPS) is 10.9. The molecule has 0 rings (SSSR count). The average Bonchev–Trinajstić information content (AvgIpc) is 1.98. The first-order valence-corrected chi connectivity index (χ1v) is 9.35. The van der Waals surface area contributed by atoms with E-state index in [0.717, 1.165) is 11.8 Å². The molecule has 0 aromatic carbocycles. The minimum atomic E-state index is -4.14. The molecule has 0 saturated carbocycles. The molecule has 7 nitrogen and oxygen atoms in total. The van der Waals surface area contributed by atoms with Crippen LogP contribution in [-0.2, 0) is 25.0 Å². The number of hydrogen-bond acceptors (Lipinski definition) is 7. The SMILES string of the molecule is CC(=O)SCCS(=O)(=O)[O-].O=S(=O)(O)CCBr.[Na+]. The Morgan fingerprint density at radius 1 is 1.28 bits per heavy atom. The molecule has 0 fully saturated rings. The molecule has 104 valence electrons. The van der Waals surface area contributed by atoms with Gasteiger partial charge in [-0.25, -0.2) is 8.42 Å². The third kappa shape index (κ3) is 30.4. The summed E-state index contributed by atoms with van der Waals surface area (Å²) in [6.07, 6.45) is 0. The Bertz CT molecular complexity index is 418. The summed E-state index contributed by atoms with van der Waals surface area (Å²) in [4.78, 5) is 10.2. The van der Waals surface area contributed by atoms with E-state index in [2.05, 4.69) is 15.9 Å². The van der Waals surface area contributed by atoms with Gasteiger partial charge in [-0.1, -0.05) is 27.7 Å². The molecule has 0 saturated heterocycles. The van der Waals surface area contributed by atoms with Crippen LogP contribution in [0.25, 0.3) is 0 Å². The van der Waals surface area contributed by atoms with Crippen LogP contribution in [0.4, 0.5) is 0 Å². The maximum absolute atomic E-state index is 10.2. The summed E-state index contributed by atoms with van der Waals surface area (Å²) in [5.74, 6) is -0.634. The van der Waals surface area contributed by atoms with Crippen molar-refractivity contribution in [2.45, 2.75) is 6.92 Å². The summed E-state index contributed by atoms with van der Waals surface area (Å²) >= 11 is 3.69. The van der Waals surface area contributed by atoms with Crippen molar-refractivity contribution < 1.29 is 60.3 Å². The topological polar surface area (TPSA) is 129 Å².